The van der Waals surface area contributed by atoms with Crippen LogP contribution in [0, 0.1) is 0 Å². The summed E-state index contributed by atoms with van der Waals surface area (Å²) in [6, 6.07) is 0. The molecule has 0 spiro atoms. The fourth-order valence-electron chi connectivity index (χ4n) is 2.04. The number of hydrogen-bond donors (Lipinski definition) is 0. The van der Waals surface area contributed by atoms with Gasteiger partial charge in [-0.15, -0.1) is 0 Å². The summed E-state index contributed by atoms with van der Waals surface area (Å²) in [5, 5.41) is -3.31. The Kier molecular flexibility index (Phi) is 8.33. The summed E-state index contributed by atoms with van der Waals surface area (Å²) in [4.78, 5) is 11.0. The van der Waals surface area contributed by atoms with Crippen LogP contribution in [0.4, 0.5) is 74.6 Å². The van der Waals surface area contributed by atoms with E-state index in [1.165, 1.54) is 4.74 Å². The lowest BCUT2D eigenvalue weighted by molar-refractivity contribution is -0.542. The van der Waals surface area contributed by atoms with Gasteiger partial charge in [-0.3, -0.25) is 9.53 Å². The smallest absolute Gasteiger partial charge is 0.305 e. The van der Waals surface area contributed by atoms with Gasteiger partial charge in [0.1, 0.15) is 5.60 Å². The molecule has 0 aromatic carbocycles. The zero-order chi connectivity index (χ0) is 28.2. The van der Waals surface area contributed by atoms with Crippen LogP contribution >= 0.6 is 11.6 Å². The molecule has 0 saturated heterocycles. The molecular weight excluding hydrogens is 563 g/mol. The maximum atomic E-state index is 14.4. The van der Waals surface area contributed by atoms with Crippen LogP contribution in [-0.4, -0.2) is 59.0 Å². The summed E-state index contributed by atoms with van der Waals surface area (Å²) >= 11 is 4.33. The predicted molar refractivity (Wildman–Crippen MR) is 72.4 cm³/mol. The van der Waals surface area contributed by atoms with Crippen molar-refractivity contribution in [3.63, 3.8) is 0 Å². The lowest BCUT2D eigenvalue weighted by Gasteiger charge is -2.45. The fraction of sp³-hybridized carbons (Fsp3) is 0.923. The maximum Gasteiger partial charge on any atom is 0.462 e. The van der Waals surface area contributed by atoms with Crippen LogP contribution in [0.3, 0.4) is 0 Å². The minimum absolute atomic E-state index is 0.177. The van der Waals surface area contributed by atoms with E-state index < -0.39 is 72.4 Å². The van der Waals surface area contributed by atoms with Crippen molar-refractivity contribution in [1.82, 2.24) is 0 Å². The van der Waals surface area contributed by atoms with Crippen molar-refractivity contribution in [1.29, 1.82) is 0 Å². The van der Waals surface area contributed by atoms with E-state index in [4.69, 9.17) is 0 Å². The van der Waals surface area contributed by atoms with E-state index in [1.54, 1.807) is 0 Å². The van der Waals surface area contributed by atoms with Gasteiger partial charge in [0.15, 0.2) is 0 Å². The number of hydrogen-bond acceptors (Lipinski definition) is 3. The largest absolute Gasteiger partial charge is 0.462 e. The first-order valence-corrected chi connectivity index (χ1v) is 8.11. The highest BCUT2D eigenvalue weighted by Crippen LogP contribution is 2.57. The summed E-state index contributed by atoms with van der Waals surface area (Å²) in [6.07, 6.45) is -39.3. The Morgan fingerprint density at radius 3 is 1.26 bits per heavy atom. The number of alkyl halides is 17. The summed E-state index contributed by atoms with van der Waals surface area (Å²) in [5.41, 5.74) is -10.7. The zero-order valence-corrected chi connectivity index (χ0v) is 16.5. The molecule has 0 saturated carbocycles. The fourth-order valence-corrected chi connectivity index (χ4v) is 2.35. The van der Waals surface area contributed by atoms with E-state index in [9.17, 15) is 79.4 Å². The SMILES string of the molecule is CC[C@](C)(OC(F)(F)C(F)(OC(F)(F)C(F)(F)C(F)(F)F)C(F)(F)F)C(F)(C(=O)Cl)C(F)(F)F. The van der Waals surface area contributed by atoms with Crippen LogP contribution in [0.5, 0.6) is 0 Å². The summed E-state index contributed by atoms with van der Waals surface area (Å²) in [7, 11) is 0. The number of carbonyl (C=O) groups is 1. The third kappa shape index (κ3) is 4.98. The third-order valence-electron chi connectivity index (χ3n) is 4.15. The molecule has 0 radical (unpaired) electrons. The molecule has 0 aromatic rings. The van der Waals surface area contributed by atoms with Gasteiger partial charge in [0.25, 0.3) is 5.24 Å². The zero-order valence-electron chi connectivity index (χ0n) is 15.7. The van der Waals surface area contributed by atoms with Crippen LogP contribution in [0.25, 0.3) is 0 Å². The summed E-state index contributed by atoms with van der Waals surface area (Å²) in [5.74, 6) is -15.6. The Hall–Kier alpha value is -1.31. The Morgan fingerprint density at radius 1 is 0.647 bits per heavy atom. The number of halogens is 18. The molecule has 0 bridgehead atoms. The lowest BCUT2D eigenvalue weighted by Crippen LogP contribution is -2.70. The molecule has 0 N–H and O–H groups in total. The Morgan fingerprint density at radius 2 is 1.03 bits per heavy atom. The molecule has 0 amide bonds. The van der Waals surface area contributed by atoms with Gasteiger partial charge in [-0.05, 0) is 24.9 Å². The Bertz CT molecular complexity index is 759. The van der Waals surface area contributed by atoms with Gasteiger partial charge in [-0.1, -0.05) is 6.92 Å². The van der Waals surface area contributed by atoms with E-state index in [2.05, 4.69) is 16.3 Å². The van der Waals surface area contributed by atoms with E-state index >= 15 is 0 Å². The first-order chi connectivity index (χ1) is 14.4. The van der Waals surface area contributed by atoms with Gasteiger partial charge in [-0.2, -0.15) is 70.2 Å². The van der Waals surface area contributed by atoms with Crippen molar-refractivity contribution in [2.24, 2.45) is 0 Å². The van der Waals surface area contributed by atoms with E-state index in [1.807, 2.05) is 0 Å². The van der Waals surface area contributed by atoms with Crippen molar-refractivity contribution in [3.8, 4) is 0 Å². The molecule has 2 unspecified atom stereocenters. The molecule has 34 heavy (non-hydrogen) atoms. The normalized spacial score (nSPS) is 20.4. The molecule has 3 atom stereocenters. The standard InChI is InChI=1S/C13H8ClF17O3/c1-3-5(2,6(15,4(14)32)9(19,20)21)33-13(30,31)8(18,11(25,26)27)34-12(28,29)7(16,17)10(22,23)24/h3H2,1-2H3/t5-,6?,8?/m0/s1. The van der Waals surface area contributed by atoms with Gasteiger partial charge in [-0.25, -0.2) is 4.39 Å². The molecule has 0 fully saturated rings. The van der Waals surface area contributed by atoms with Gasteiger partial charge in [0.2, 0.25) is 0 Å². The highest BCUT2D eigenvalue weighted by Gasteiger charge is 2.85. The molecule has 0 aliphatic heterocycles. The quantitative estimate of drug-likeness (QED) is 0.225. The van der Waals surface area contributed by atoms with Gasteiger partial charge < -0.3 is 4.74 Å². The van der Waals surface area contributed by atoms with E-state index in [0.717, 1.165) is 0 Å². The van der Waals surface area contributed by atoms with Crippen LogP contribution < -0.4 is 0 Å². The molecule has 204 valence electrons. The molecule has 0 aliphatic rings. The van der Waals surface area contributed by atoms with E-state index in [0.29, 0.717) is 0 Å². The van der Waals surface area contributed by atoms with Crippen LogP contribution in [0.15, 0.2) is 0 Å². The molecule has 0 aliphatic carbocycles. The van der Waals surface area contributed by atoms with Crippen molar-refractivity contribution >= 4 is 16.8 Å². The molecular formula is C13H8ClF17O3. The second-order valence-electron chi connectivity index (χ2n) is 6.42. The van der Waals surface area contributed by atoms with Crippen molar-refractivity contribution in [3.05, 3.63) is 0 Å². The molecule has 3 nitrogen and oxygen atoms in total. The second-order valence-corrected chi connectivity index (χ2v) is 6.76. The molecule has 0 rings (SSSR count). The molecule has 0 heterocycles. The number of carbonyl (C=O) groups excluding carboxylic acids is 1. The van der Waals surface area contributed by atoms with Crippen molar-refractivity contribution in [2.45, 2.75) is 74.1 Å². The Labute approximate surface area is 181 Å². The molecule has 0 aromatic heterocycles. The van der Waals surface area contributed by atoms with Crippen LogP contribution in [0.2, 0.25) is 0 Å². The highest BCUT2D eigenvalue weighted by atomic mass is 35.5. The summed E-state index contributed by atoms with van der Waals surface area (Å²) in [6.45, 7) is -0.412. The van der Waals surface area contributed by atoms with E-state index in [-0.39, 0.29) is 6.92 Å². The number of rotatable bonds is 9. The third-order valence-corrected chi connectivity index (χ3v) is 4.41. The first kappa shape index (κ1) is 32.7. The van der Waals surface area contributed by atoms with Gasteiger partial charge >= 0.3 is 48.2 Å². The predicted octanol–water partition coefficient (Wildman–Crippen LogP) is 6.84. The van der Waals surface area contributed by atoms with Crippen molar-refractivity contribution < 1.29 is 88.9 Å². The number of ether oxygens (including phenoxy) is 2. The van der Waals surface area contributed by atoms with Crippen LogP contribution in [0.1, 0.15) is 20.3 Å². The first-order valence-electron chi connectivity index (χ1n) is 7.73. The molecule has 21 heteroatoms. The second kappa shape index (κ2) is 8.67. The Balaban J connectivity index is 6.94. The van der Waals surface area contributed by atoms with Gasteiger partial charge in [0.05, 0.1) is 0 Å². The monoisotopic (exact) mass is 570 g/mol. The minimum atomic E-state index is -7.82. The van der Waals surface area contributed by atoms with Crippen LogP contribution in [-0.2, 0) is 14.3 Å². The topological polar surface area (TPSA) is 35.5 Å². The lowest BCUT2D eigenvalue weighted by atomic mass is 9.83. The summed E-state index contributed by atoms with van der Waals surface area (Å²) < 4.78 is 227. The average Bonchev–Trinajstić information content (AvgIpc) is 2.56. The van der Waals surface area contributed by atoms with Crippen molar-refractivity contribution in [2.75, 3.05) is 0 Å². The average molecular weight is 571 g/mol. The maximum absolute atomic E-state index is 14.4. The highest BCUT2D eigenvalue weighted by molar-refractivity contribution is 6.65. The minimum Gasteiger partial charge on any atom is -0.305 e. The van der Waals surface area contributed by atoms with Gasteiger partial charge in [0, 0.05) is 0 Å².